The molecule has 1 atom stereocenters. The lowest BCUT2D eigenvalue weighted by molar-refractivity contribution is -0.140. The summed E-state index contributed by atoms with van der Waals surface area (Å²) in [6, 6.07) is 10.8. The van der Waals surface area contributed by atoms with Gasteiger partial charge in [-0.3, -0.25) is 14.6 Å². The Hall–Kier alpha value is -3.62. The lowest BCUT2D eigenvalue weighted by Crippen LogP contribution is -2.30. The number of likely N-dealkylation sites (tertiary alicyclic amines) is 1. The number of rotatable bonds is 6. The second-order valence-corrected chi connectivity index (χ2v) is 8.34. The van der Waals surface area contributed by atoms with Crippen LogP contribution in [-0.2, 0) is 16.1 Å². The predicted molar refractivity (Wildman–Crippen MR) is 128 cm³/mol. The molecule has 0 saturated carbocycles. The minimum atomic E-state index is -1.25. The van der Waals surface area contributed by atoms with Crippen LogP contribution in [0.15, 0.2) is 60.3 Å². The zero-order valence-electron chi connectivity index (χ0n) is 18.6. The zero-order chi connectivity index (χ0) is 25.3. The van der Waals surface area contributed by atoms with E-state index in [1.807, 2.05) is 0 Å². The minimum Gasteiger partial charge on any atom is -0.507 e. The molecule has 7 nitrogen and oxygen atoms in total. The van der Waals surface area contributed by atoms with Crippen LogP contribution < -0.4 is 9.47 Å². The molecule has 1 unspecified atom stereocenters. The molecule has 1 amide bonds. The van der Waals surface area contributed by atoms with Gasteiger partial charge in [-0.25, -0.2) is 4.39 Å². The van der Waals surface area contributed by atoms with E-state index in [2.05, 4.69) is 4.98 Å². The van der Waals surface area contributed by atoms with Crippen molar-refractivity contribution in [1.82, 2.24) is 9.88 Å². The number of ketones is 1. The number of hydrogen-bond acceptors (Lipinski definition) is 6. The Labute approximate surface area is 210 Å². The summed E-state index contributed by atoms with van der Waals surface area (Å²) < 4.78 is 25.5. The molecule has 35 heavy (non-hydrogen) atoms. The van der Waals surface area contributed by atoms with E-state index in [-0.39, 0.29) is 44.8 Å². The average Bonchev–Trinajstić information content (AvgIpc) is 3.09. The Morgan fingerprint density at radius 3 is 2.40 bits per heavy atom. The number of pyridine rings is 1. The normalized spacial score (nSPS) is 17.1. The Kier molecular flexibility index (Phi) is 6.95. The Morgan fingerprint density at radius 2 is 1.77 bits per heavy atom. The van der Waals surface area contributed by atoms with E-state index in [4.69, 9.17) is 32.7 Å². The van der Waals surface area contributed by atoms with Gasteiger partial charge in [0, 0.05) is 11.8 Å². The third-order valence-corrected chi connectivity index (χ3v) is 6.22. The third-order valence-electron chi connectivity index (χ3n) is 5.59. The number of aliphatic hydroxyl groups excluding tert-OH is 1. The maximum Gasteiger partial charge on any atom is 0.296 e. The Bertz CT molecular complexity index is 1350. The van der Waals surface area contributed by atoms with Crippen LogP contribution in [0.3, 0.4) is 0 Å². The van der Waals surface area contributed by atoms with Crippen molar-refractivity contribution in [2.45, 2.75) is 12.6 Å². The molecule has 0 aliphatic carbocycles. The highest BCUT2D eigenvalue weighted by Gasteiger charge is 2.47. The molecular formula is C25H19Cl2FN2O5. The van der Waals surface area contributed by atoms with Crippen molar-refractivity contribution in [1.29, 1.82) is 0 Å². The maximum atomic E-state index is 15.0. The lowest BCUT2D eigenvalue weighted by Gasteiger charge is -2.25. The fourth-order valence-electron chi connectivity index (χ4n) is 4.02. The standard InChI is InChI=1S/C25H19Cl2FN2O5/c1-34-23-15(11-16(26)24(35-2)19(23)27)21(31)18-20(14-8-3-4-9-17(14)28)30(25(33)22(18)32)12-13-7-5-6-10-29-13/h3-11,20,31H,12H2,1-2H3/b21-18+. The SMILES string of the molecule is COc1c(Cl)cc(/C(O)=C2\C(=O)C(=O)N(Cc3ccccn3)C2c2ccccc2F)c(OC)c1Cl. The summed E-state index contributed by atoms with van der Waals surface area (Å²) >= 11 is 12.6. The molecule has 2 heterocycles. The molecule has 180 valence electrons. The van der Waals surface area contributed by atoms with Crippen molar-refractivity contribution < 1.29 is 28.6 Å². The van der Waals surface area contributed by atoms with Gasteiger partial charge in [0.05, 0.1) is 48.7 Å². The number of benzene rings is 2. The number of carbonyl (C=O) groups is 2. The summed E-state index contributed by atoms with van der Waals surface area (Å²) in [5.41, 5.74) is 0.102. The lowest BCUT2D eigenvalue weighted by atomic mass is 9.94. The van der Waals surface area contributed by atoms with E-state index in [1.54, 1.807) is 24.3 Å². The predicted octanol–water partition coefficient (Wildman–Crippen LogP) is 5.17. The van der Waals surface area contributed by atoms with Crippen LogP contribution in [0.4, 0.5) is 4.39 Å². The zero-order valence-corrected chi connectivity index (χ0v) is 20.1. The van der Waals surface area contributed by atoms with Gasteiger partial charge in [0.2, 0.25) is 0 Å². The summed E-state index contributed by atoms with van der Waals surface area (Å²) in [7, 11) is 2.66. The number of nitrogens with zero attached hydrogens (tertiary/aromatic N) is 2. The Balaban J connectivity index is 1.97. The first-order valence-electron chi connectivity index (χ1n) is 10.3. The molecule has 2 aromatic carbocycles. The van der Waals surface area contributed by atoms with Gasteiger partial charge in [0.15, 0.2) is 11.5 Å². The highest BCUT2D eigenvalue weighted by atomic mass is 35.5. The number of aliphatic hydroxyl groups is 1. The van der Waals surface area contributed by atoms with Crippen LogP contribution in [0, 0.1) is 5.82 Å². The third kappa shape index (κ3) is 4.31. The summed E-state index contributed by atoms with van der Waals surface area (Å²) in [6.07, 6.45) is 1.54. The molecule has 1 aromatic heterocycles. The number of ether oxygens (including phenoxy) is 2. The van der Waals surface area contributed by atoms with Crippen molar-refractivity contribution in [3.05, 3.63) is 93.0 Å². The second kappa shape index (κ2) is 9.93. The molecule has 1 fully saturated rings. The molecule has 4 rings (SSSR count). The van der Waals surface area contributed by atoms with Crippen LogP contribution in [0.5, 0.6) is 11.5 Å². The molecule has 10 heteroatoms. The Morgan fingerprint density at radius 1 is 1.09 bits per heavy atom. The number of carbonyl (C=O) groups excluding carboxylic acids is 2. The van der Waals surface area contributed by atoms with Crippen LogP contribution in [0.25, 0.3) is 5.76 Å². The summed E-state index contributed by atoms with van der Waals surface area (Å²) in [5, 5.41) is 11.3. The highest BCUT2D eigenvalue weighted by Crippen LogP contribution is 2.47. The molecular weight excluding hydrogens is 498 g/mol. The van der Waals surface area contributed by atoms with Gasteiger partial charge in [-0.1, -0.05) is 47.5 Å². The van der Waals surface area contributed by atoms with E-state index in [0.717, 1.165) is 4.90 Å². The molecule has 1 aliphatic rings. The van der Waals surface area contributed by atoms with E-state index in [9.17, 15) is 19.1 Å². The molecule has 1 saturated heterocycles. The van der Waals surface area contributed by atoms with Crippen LogP contribution in [0.1, 0.15) is 22.9 Å². The molecule has 3 aromatic rings. The van der Waals surface area contributed by atoms with Crippen molar-refractivity contribution in [2.75, 3.05) is 14.2 Å². The number of aromatic nitrogens is 1. The summed E-state index contributed by atoms with van der Waals surface area (Å²) in [5.74, 6) is -3.14. The average molecular weight is 517 g/mol. The molecule has 0 radical (unpaired) electrons. The van der Waals surface area contributed by atoms with Crippen molar-refractivity contribution in [3.8, 4) is 11.5 Å². The van der Waals surface area contributed by atoms with E-state index in [0.29, 0.717) is 5.69 Å². The van der Waals surface area contributed by atoms with Crippen molar-refractivity contribution in [3.63, 3.8) is 0 Å². The summed E-state index contributed by atoms with van der Waals surface area (Å²) in [4.78, 5) is 31.7. The van der Waals surface area contributed by atoms with E-state index < -0.39 is 29.3 Å². The number of methoxy groups -OCH3 is 2. The fourth-order valence-corrected chi connectivity index (χ4v) is 4.71. The molecule has 0 bridgehead atoms. The monoisotopic (exact) mass is 516 g/mol. The summed E-state index contributed by atoms with van der Waals surface area (Å²) in [6.45, 7) is -0.0948. The van der Waals surface area contributed by atoms with Crippen molar-refractivity contribution in [2.24, 2.45) is 0 Å². The number of hydrogen-bond donors (Lipinski definition) is 1. The second-order valence-electron chi connectivity index (χ2n) is 7.56. The molecule has 1 aliphatic heterocycles. The van der Waals surface area contributed by atoms with Gasteiger partial charge in [0.25, 0.3) is 11.7 Å². The quantitative estimate of drug-likeness (QED) is 0.276. The maximum absolute atomic E-state index is 15.0. The smallest absolute Gasteiger partial charge is 0.296 e. The van der Waals surface area contributed by atoms with E-state index in [1.165, 1.54) is 44.7 Å². The van der Waals surface area contributed by atoms with Gasteiger partial charge in [-0.2, -0.15) is 0 Å². The number of halogens is 3. The minimum absolute atomic E-state index is 0.0221. The van der Waals surface area contributed by atoms with Gasteiger partial charge < -0.3 is 19.5 Å². The van der Waals surface area contributed by atoms with Gasteiger partial charge >= 0.3 is 0 Å². The van der Waals surface area contributed by atoms with Gasteiger partial charge in [-0.05, 0) is 24.3 Å². The first kappa shape index (κ1) is 24.5. The first-order chi connectivity index (χ1) is 16.8. The number of amides is 1. The first-order valence-corrected chi connectivity index (χ1v) is 11.1. The topological polar surface area (TPSA) is 89.0 Å². The van der Waals surface area contributed by atoms with Crippen molar-refractivity contribution >= 4 is 40.7 Å². The van der Waals surface area contributed by atoms with Gasteiger partial charge in [-0.15, -0.1) is 0 Å². The highest BCUT2D eigenvalue weighted by molar-refractivity contribution is 6.47. The molecule has 1 N–H and O–H groups in total. The van der Waals surface area contributed by atoms with Crippen LogP contribution >= 0.6 is 23.2 Å². The van der Waals surface area contributed by atoms with Gasteiger partial charge in [0.1, 0.15) is 16.6 Å². The van der Waals surface area contributed by atoms with Crippen LogP contribution in [0.2, 0.25) is 10.0 Å². The fraction of sp³-hybridized carbons (Fsp3) is 0.160. The molecule has 0 spiro atoms. The van der Waals surface area contributed by atoms with Crippen LogP contribution in [-0.4, -0.2) is 40.9 Å². The van der Waals surface area contributed by atoms with E-state index >= 15 is 0 Å². The largest absolute Gasteiger partial charge is 0.507 e. The number of Topliss-reactive ketones (excluding diaryl/α,β-unsaturated/α-hetero) is 1.